The van der Waals surface area contributed by atoms with Crippen LogP contribution in [0.1, 0.15) is 33.4 Å². The summed E-state index contributed by atoms with van der Waals surface area (Å²) in [5.41, 5.74) is 6.35. The lowest BCUT2D eigenvalue weighted by molar-refractivity contribution is -0.638. The summed E-state index contributed by atoms with van der Waals surface area (Å²) in [5, 5.41) is 0. The number of rotatable bonds is 3. The second-order valence-electron chi connectivity index (χ2n) is 9.19. The normalized spacial score (nSPS) is 11.1. The topological polar surface area (TPSA) is 158 Å². The standard InChI is InChI=1S/C10H10N3.2C9H12O3S/c11-13-7-3-10(4-8-13)9-1-5-12-6-2-9;2*1-6-4-7(2)9(8(3)5-6)13(10,11)12/h1-8H,11H2;2*4-5H,1-3H3,(H,10,11,12)/q+1;;/p-1. The van der Waals surface area contributed by atoms with Gasteiger partial charge in [0.05, 0.1) is 9.79 Å². The Labute approximate surface area is 230 Å². The van der Waals surface area contributed by atoms with Gasteiger partial charge in [0.1, 0.15) is 20.2 Å². The minimum atomic E-state index is -4.33. The van der Waals surface area contributed by atoms with Gasteiger partial charge in [-0.3, -0.25) is 0 Å². The van der Waals surface area contributed by atoms with Gasteiger partial charge in [-0.15, -0.1) is 0 Å². The summed E-state index contributed by atoms with van der Waals surface area (Å²) in [5.74, 6) is 5.52. The lowest BCUT2D eigenvalue weighted by atomic mass is 10.1. The van der Waals surface area contributed by atoms with Crippen molar-refractivity contribution in [1.29, 1.82) is 0 Å². The van der Waals surface area contributed by atoms with E-state index >= 15 is 0 Å². The Morgan fingerprint density at radius 3 is 1.23 bits per heavy atom. The fourth-order valence-electron chi connectivity index (χ4n) is 4.33. The van der Waals surface area contributed by atoms with E-state index in [9.17, 15) is 25.9 Å². The van der Waals surface area contributed by atoms with Gasteiger partial charge in [0.15, 0.2) is 24.8 Å². The Morgan fingerprint density at radius 1 is 0.615 bits per heavy atom. The van der Waals surface area contributed by atoms with Gasteiger partial charge < -0.3 is 9.11 Å². The zero-order valence-corrected chi connectivity index (χ0v) is 24.4. The third-order valence-electron chi connectivity index (χ3n) is 5.61. The van der Waals surface area contributed by atoms with Crippen LogP contribution in [0.4, 0.5) is 0 Å². The van der Waals surface area contributed by atoms with Gasteiger partial charge in [0, 0.05) is 24.3 Å². The van der Waals surface area contributed by atoms with Crippen LogP contribution < -0.4 is 15.5 Å². The number of benzene rings is 2. The lowest BCUT2D eigenvalue weighted by Crippen LogP contribution is -2.43. The molecule has 4 rings (SSSR count). The van der Waals surface area contributed by atoms with Crippen molar-refractivity contribution in [2.45, 2.75) is 51.3 Å². The van der Waals surface area contributed by atoms with Crippen molar-refractivity contribution in [2.75, 3.05) is 5.84 Å². The van der Waals surface area contributed by atoms with Crippen LogP contribution in [0, 0.1) is 41.5 Å². The van der Waals surface area contributed by atoms with Gasteiger partial charge in [-0.2, -0.15) is 0 Å². The van der Waals surface area contributed by atoms with E-state index in [0.717, 1.165) is 16.7 Å². The summed E-state index contributed by atoms with van der Waals surface area (Å²) < 4.78 is 66.5. The first-order chi connectivity index (χ1) is 18.0. The Morgan fingerprint density at radius 2 is 0.923 bits per heavy atom. The molecule has 2 heterocycles. The molecule has 9 nitrogen and oxygen atoms in total. The van der Waals surface area contributed by atoms with Crippen LogP contribution in [0.25, 0.3) is 11.1 Å². The first-order valence-electron chi connectivity index (χ1n) is 11.8. The van der Waals surface area contributed by atoms with Crippen LogP contribution >= 0.6 is 0 Å². The first-order valence-corrected chi connectivity index (χ1v) is 14.6. The van der Waals surface area contributed by atoms with Crippen LogP contribution in [-0.4, -0.2) is 25.9 Å². The molecule has 0 aliphatic carbocycles. The summed E-state index contributed by atoms with van der Waals surface area (Å²) in [6, 6.07) is 14.8. The molecule has 2 aromatic carbocycles. The van der Waals surface area contributed by atoms with E-state index in [1.54, 1.807) is 52.0 Å². The molecule has 0 saturated heterocycles. The third-order valence-corrected chi connectivity index (χ3v) is 7.90. The molecule has 0 saturated carbocycles. The summed E-state index contributed by atoms with van der Waals surface area (Å²) in [4.78, 5) is 2.81. The molecule has 0 spiro atoms. The average molecular weight is 572 g/mol. The molecular formula is C28H33N3O6S2. The van der Waals surface area contributed by atoms with E-state index in [4.69, 9.17) is 5.84 Å². The highest BCUT2D eigenvalue weighted by atomic mass is 32.2. The molecule has 4 aromatic rings. The highest BCUT2D eigenvalue weighted by molar-refractivity contribution is 7.86. The third kappa shape index (κ3) is 9.25. The Balaban J connectivity index is 0.000000205. The fraction of sp³-hybridized carbons (Fsp3) is 0.214. The molecule has 3 N–H and O–H groups in total. The lowest BCUT2D eigenvalue weighted by Gasteiger charge is -2.14. The predicted octanol–water partition coefficient (Wildman–Crippen LogP) is 3.20. The van der Waals surface area contributed by atoms with E-state index in [-0.39, 0.29) is 9.79 Å². The van der Waals surface area contributed by atoms with Crippen LogP contribution in [0.15, 0.2) is 83.1 Å². The fourth-order valence-corrected chi connectivity index (χ4v) is 6.15. The van der Waals surface area contributed by atoms with Gasteiger partial charge in [0.2, 0.25) is 0 Å². The second-order valence-corrected chi connectivity index (χ2v) is 11.8. The molecule has 208 valence electrons. The molecule has 0 aliphatic rings. The Bertz CT molecular complexity index is 1520. The monoisotopic (exact) mass is 571 g/mol. The molecule has 0 unspecified atom stereocenters. The maximum absolute atomic E-state index is 10.8. The van der Waals surface area contributed by atoms with E-state index in [2.05, 4.69) is 4.98 Å². The van der Waals surface area contributed by atoms with Gasteiger partial charge >= 0.3 is 0 Å². The number of H-pyrrole nitrogens is 1. The number of aryl methyl sites for hydroxylation is 6. The van der Waals surface area contributed by atoms with Crippen LogP contribution in [0.3, 0.4) is 0 Å². The predicted molar refractivity (Wildman–Crippen MR) is 146 cm³/mol. The highest BCUT2D eigenvalue weighted by Gasteiger charge is 2.10. The molecule has 0 amide bonds. The maximum atomic E-state index is 10.8. The molecule has 0 aliphatic heterocycles. The SMILES string of the molecule is Cc1cc(C)c(S(=O)(=O)[O-])c(C)c1.Cc1cc(C)c(S(=O)(=O)[O-])c(C)c1.N[n+]1ccc(-c2cc[nH+]cc2)cc1. The molecule has 11 heteroatoms. The summed E-state index contributed by atoms with van der Waals surface area (Å²) >= 11 is 0. The van der Waals surface area contributed by atoms with Crippen molar-refractivity contribution in [3.63, 3.8) is 0 Å². The number of hydrogen-bond acceptors (Lipinski definition) is 7. The van der Waals surface area contributed by atoms with E-state index < -0.39 is 20.2 Å². The van der Waals surface area contributed by atoms with Crippen LogP contribution in [0.5, 0.6) is 0 Å². The van der Waals surface area contributed by atoms with Crippen molar-refractivity contribution < 1.29 is 35.6 Å². The number of pyridine rings is 2. The molecule has 0 atom stereocenters. The Hall–Kier alpha value is -3.64. The van der Waals surface area contributed by atoms with E-state index in [1.807, 2.05) is 62.9 Å². The summed E-state index contributed by atoms with van der Waals surface area (Å²) in [6.45, 7) is 10.2. The number of aromatic nitrogens is 2. The highest BCUT2D eigenvalue weighted by Crippen LogP contribution is 2.22. The van der Waals surface area contributed by atoms with Crippen molar-refractivity contribution in [2.24, 2.45) is 0 Å². The maximum Gasteiger partial charge on any atom is 0.199 e. The second kappa shape index (κ2) is 12.9. The number of nitrogens with zero attached hydrogens (tertiary/aromatic N) is 1. The van der Waals surface area contributed by atoms with Crippen molar-refractivity contribution in [3.8, 4) is 11.1 Å². The van der Waals surface area contributed by atoms with E-state index in [0.29, 0.717) is 22.3 Å². The molecule has 0 bridgehead atoms. The van der Waals surface area contributed by atoms with Crippen LogP contribution in [0.2, 0.25) is 0 Å². The zero-order chi connectivity index (χ0) is 29.5. The molecule has 2 aromatic heterocycles. The molecule has 0 fully saturated rings. The smallest absolute Gasteiger partial charge is 0.199 e. The molecule has 0 radical (unpaired) electrons. The van der Waals surface area contributed by atoms with Gasteiger partial charge in [-0.05, 0) is 74.9 Å². The van der Waals surface area contributed by atoms with Gasteiger partial charge in [0.25, 0.3) is 0 Å². The average Bonchev–Trinajstić information content (AvgIpc) is 2.78. The quantitative estimate of drug-likeness (QED) is 0.225. The van der Waals surface area contributed by atoms with Gasteiger partial charge in [-0.25, -0.2) is 27.7 Å². The summed E-state index contributed by atoms with van der Waals surface area (Å²) in [7, 11) is -8.66. The number of hydrogen-bond donors (Lipinski definition) is 1. The van der Waals surface area contributed by atoms with Crippen molar-refractivity contribution in [1.82, 2.24) is 0 Å². The zero-order valence-electron chi connectivity index (χ0n) is 22.7. The largest absolute Gasteiger partial charge is 0.744 e. The van der Waals surface area contributed by atoms with Crippen molar-refractivity contribution in [3.05, 3.63) is 107 Å². The number of nitrogen functional groups attached to an aromatic ring is 1. The first kappa shape index (κ1) is 31.6. The Kier molecular flexibility index (Phi) is 10.5. The molecular weight excluding hydrogens is 538 g/mol. The minimum absolute atomic E-state index is 0.0851. The summed E-state index contributed by atoms with van der Waals surface area (Å²) in [6.07, 6.45) is 7.45. The van der Waals surface area contributed by atoms with E-state index in [1.165, 1.54) is 10.2 Å². The van der Waals surface area contributed by atoms with Crippen molar-refractivity contribution >= 4 is 20.2 Å². The number of aromatic amines is 1. The van der Waals surface area contributed by atoms with Crippen LogP contribution in [-0.2, 0) is 20.2 Å². The minimum Gasteiger partial charge on any atom is -0.744 e. The number of nitrogens with one attached hydrogen (secondary N) is 1. The van der Waals surface area contributed by atoms with Gasteiger partial charge in [-0.1, -0.05) is 40.1 Å². The number of nitrogens with two attached hydrogens (primary N) is 1. The molecule has 39 heavy (non-hydrogen) atoms.